The van der Waals surface area contributed by atoms with E-state index in [9.17, 15) is 9.59 Å². The van der Waals surface area contributed by atoms with Crippen molar-refractivity contribution in [2.24, 2.45) is 0 Å². The fourth-order valence-corrected chi connectivity index (χ4v) is 6.20. The molecule has 0 saturated carbocycles. The van der Waals surface area contributed by atoms with Crippen LogP contribution in [0.3, 0.4) is 0 Å². The molecule has 6 rings (SSSR count). The topological polar surface area (TPSA) is 95.6 Å². The van der Waals surface area contributed by atoms with E-state index in [1.54, 1.807) is 11.1 Å². The largest absolute Gasteiger partial charge is 0.381 e. The number of pyridine rings is 1. The van der Waals surface area contributed by atoms with Gasteiger partial charge in [-0.05, 0) is 61.9 Å². The summed E-state index contributed by atoms with van der Waals surface area (Å²) >= 11 is 1.33. The van der Waals surface area contributed by atoms with Crippen LogP contribution in [0, 0.1) is 0 Å². The number of amides is 3. The highest BCUT2D eigenvalue weighted by Gasteiger charge is 2.33. The molecule has 34 heavy (non-hydrogen) atoms. The molecule has 1 unspecified atom stereocenters. The van der Waals surface area contributed by atoms with Gasteiger partial charge in [0.2, 0.25) is 0 Å². The van der Waals surface area contributed by atoms with Gasteiger partial charge in [0.05, 0.1) is 22.4 Å². The normalized spacial score (nSPS) is 20.9. The van der Waals surface area contributed by atoms with Crippen molar-refractivity contribution in [3.63, 3.8) is 0 Å². The number of piperidine rings is 1. The zero-order chi connectivity index (χ0) is 23.1. The minimum atomic E-state index is -0.268. The zero-order valence-electron chi connectivity index (χ0n) is 18.8. The van der Waals surface area contributed by atoms with Crippen LogP contribution >= 0.6 is 11.3 Å². The van der Waals surface area contributed by atoms with Crippen molar-refractivity contribution in [3.8, 4) is 0 Å². The van der Waals surface area contributed by atoms with E-state index in [1.165, 1.54) is 16.9 Å². The number of benzene rings is 1. The third-order valence-electron chi connectivity index (χ3n) is 6.91. The summed E-state index contributed by atoms with van der Waals surface area (Å²) < 4.78 is 5.52. The van der Waals surface area contributed by atoms with E-state index in [0.29, 0.717) is 16.5 Å². The first-order valence-electron chi connectivity index (χ1n) is 11.9. The molecule has 0 spiro atoms. The Morgan fingerprint density at radius 1 is 1.21 bits per heavy atom. The summed E-state index contributed by atoms with van der Waals surface area (Å²) in [5, 5.41) is 10.3. The van der Waals surface area contributed by atoms with Gasteiger partial charge in [0, 0.05) is 32.0 Å². The van der Waals surface area contributed by atoms with Crippen molar-refractivity contribution in [3.05, 3.63) is 47.0 Å². The Bertz CT molecular complexity index is 1250. The molecule has 3 aromatic rings. The number of thiophene rings is 1. The second-order valence-electron chi connectivity index (χ2n) is 9.08. The van der Waals surface area contributed by atoms with Crippen LogP contribution in [0.25, 0.3) is 10.2 Å². The van der Waals surface area contributed by atoms with Crippen molar-refractivity contribution in [2.75, 3.05) is 36.5 Å². The standard InChI is InChI=1S/C25H27N5O3S/c31-23(28-17-4-2-9-26-14-17)22-21-20-19(6-10-27-24(20)34-22)30(25(32)29-21)18-5-1-3-16(13-18)15-7-11-33-12-8-15/h1,3,5-6,10,13,15,17,26H,2,4,7-9,11-12,14H2,(H,28,31)(H,29,32). The number of nitrogens with one attached hydrogen (secondary N) is 3. The predicted molar refractivity (Wildman–Crippen MR) is 133 cm³/mol. The lowest BCUT2D eigenvalue weighted by atomic mass is 9.91. The molecule has 2 fully saturated rings. The van der Waals surface area contributed by atoms with Crippen LogP contribution in [0.15, 0.2) is 36.5 Å². The molecule has 3 aliphatic rings. The van der Waals surface area contributed by atoms with Crippen molar-refractivity contribution in [2.45, 2.75) is 37.6 Å². The van der Waals surface area contributed by atoms with E-state index >= 15 is 0 Å². The van der Waals surface area contributed by atoms with Gasteiger partial charge in [-0.15, -0.1) is 11.3 Å². The Morgan fingerprint density at radius 2 is 2.09 bits per heavy atom. The highest BCUT2D eigenvalue weighted by atomic mass is 32.1. The average molecular weight is 478 g/mol. The third-order valence-corrected chi connectivity index (χ3v) is 8.00. The molecule has 3 N–H and O–H groups in total. The number of carbonyl (C=O) groups is 2. The SMILES string of the molecule is O=C(NC1CCCNC1)c1sc2nccc3c2c1NC(=O)N3c1cccc(C2CCOCC2)c1. The van der Waals surface area contributed by atoms with E-state index in [1.807, 2.05) is 18.2 Å². The van der Waals surface area contributed by atoms with Gasteiger partial charge in [0.15, 0.2) is 0 Å². The quantitative estimate of drug-likeness (QED) is 0.519. The lowest BCUT2D eigenvalue weighted by Crippen LogP contribution is -2.45. The number of hydrogen-bond donors (Lipinski definition) is 3. The molecule has 2 aromatic heterocycles. The maximum absolute atomic E-state index is 13.4. The van der Waals surface area contributed by atoms with E-state index < -0.39 is 0 Å². The van der Waals surface area contributed by atoms with Crippen LogP contribution in [0.1, 0.15) is 46.8 Å². The van der Waals surface area contributed by atoms with E-state index in [4.69, 9.17) is 4.74 Å². The molecular weight excluding hydrogens is 450 g/mol. The number of rotatable bonds is 4. The predicted octanol–water partition coefficient (Wildman–Crippen LogP) is 4.36. The van der Waals surface area contributed by atoms with Gasteiger partial charge in [0.25, 0.3) is 5.91 Å². The van der Waals surface area contributed by atoms with Crippen LogP contribution in [-0.4, -0.2) is 49.3 Å². The van der Waals surface area contributed by atoms with Crippen molar-refractivity contribution in [1.82, 2.24) is 15.6 Å². The van der Waals surface area contributed by atoms with Crippen LogP contribution in [0.5, 0.6) is 0 Å². The smallest absolute Gasteiger partial charge is 0.331 e. The van der Waals surface area contributed by atoms with Crippen molar-refractivity contribution < 1.29 is 14.3 Å². The van der Waals surface area contributed by atoms with Crippen LogP contribution < -0.4 is 20.9 Å². The average Bonchev–Trinajstić information content (AvgIpc) is 3.25. The summed E-state index contributed by atoms with van der Waals surface area (Å²) in [5.41, 5.74) is 3.34. The molecular formula is C25H27N5O3S. The molecule has 3 amide bonds. The fraction of sp³-hybridized carbons (Fsp3) is 0.400. The molecule has 0 bridgehead atoms. The molecule has 9 heteroatoms. The summed E-state index contributed by atoms with van der Waals surface area (Å²) in [6.45, 7) is 3.28. The zero-order valence-corrected chi connectivity index (χ0v) is 19.6. The van der Waals surface area contributed by atoms with Crippen LogP contribution in [0.4, 0.5) is 21.9 Å². The lowest BCUT2D eigenvalue weighted by Gasteiger charge is -2.30. The molecule has 0 aliphatic carbocycles. The van der Waals surface area contributed by atoms with Crippen molar-refractivity contribution >= 4 is 50.6 Å². The Hall–Kier alpha value is -3.01. The highest BCUT2D eigenvalue weighted by Crippen LogP contribution is 2.46. The maximum atomic E-state index is 13.4. The molecule has 176 valence electrons. The Kier molecular flexibility index (Phi) is 5.68. The number of nitrogens with zero attached hydrogens (tertiary/aromatic N) is 2. The number of urea groups is 1. The Labute approximate surface area is 201 Å². The second kappa shape index (κ2) is 8.98. The molecule has 5 heterocycles. The number of carbonyl (C=O) groups excluding carboxylic acids is 2. The van der Waals surface area contributed by atoms with Gasteiger partial charge in [-0.3, -0.25) is 9.69 Å². The Morgan fingerprint density at radius 3 is 2.91 bits per heavy atom. The minimum absolute atomic E-state index is 0.0924. The number of hydrogen-bond acceptors (Lipinski definition) is 6. The fourth-order valence-electron chi connectivity index (χ4n) is 5.18. The monoisotopic (exact) mass is 477 g/mol. The first kappa shape index (κ1) is 21.5. The van der Waals surface area contributed by atoms with Gasteiger partial charge in [-0.2, -0.15) is 0 Å². The number of ether oxygens (including phenoxy) is 1. The van der Waals surface area contributed by atoms with Gasteiger partial charge >= 0.3 is 6.03 Å². The summed E-state index contributed by atoms with van der Waals surface area (Å²) in [4.78, 5) is 34.0. The molecule has 1 aromatic carbocycles. The first-order valence-corrected chi connectivity index (χ1v) is 12.7. The summed E-state index contributed by atoms with van der Waals surface area (Å²) in [6, 6.07) is 9.86. The lowest BCUT2D eigenvalue weighted by molar-refractivity contribution is 0.0853. The van der Waals surface area contributed by atoms with E-state index in [0.717, 1.165) is 73.6 Å². The van der Waals surface area contributed by atoms with Gasteiger partial charge in [-0.25, -0.2) is 9.78 Å². The van der Waals surface area contributed by atoms with Crippen molar-refractivity contribution in [1.29, 1.82) is 0 Å². The number of anilines is 3. The first-order chi connectivity index (χ1) is 16.7. The summed E-state index contributed by atoms with van der Waals surface area (Å²) in [5.74, 6) is 0.271. The minimum Gasteiger partial charge on any atom is -0.381 e. The molecule has 3 aliphatic heterocycles. The van der Waals surface area contributed by atoms with Gasteiger partial charge in [0.1, 0.15) is 9.71 Å². The molecule has 0 radical (unpaired) electrons. The van der Waals surface area contributed by atoms with E-state index in [-0.39, 0.29) is 18.0 Å². The summed E-state index contributed by atoms with van der Waals surface area (Å²) in [6.07, 6.45) is 5.66. The van der Waals surface area contributed by atoms with Gasteiger partial charge < -0.3 is 20.7 Å². The third kappa shape index (κ3) is 3.83. The van der Waals surface area contributed by atoms with Crippen LogP contribution in [-0.2, 0) is 4.74 Å². The maximum Gasteiger partial charge on any atom is 0.331 e. The molecule has 2 saturated heterocycles. The van der Waals surface area contributed by atoms with Gasteiger partial charge in [-0.1, -0.05) is 12.1 Å². The number of aromatic nitrogens is 1. The molecule has 1 atom stereocenters. The van der Waals surface area contributed by atoms with E-state index in [2.05, 4.69) is 33.1 Å². The Balaban J connectivity index is 1.36. The second-order valence-corrected chi connectivity index (χ2v) is 10.1. The summed E-state index contributed by atoms with van der Waals surface area (Å²) in [7, 11) is 0. The molecule has 8 nitrogen and oxygen atoms in total. The van der Waals surface area contributed by atoms with Crippen LogP contribution in [0.2, 0.25) is 0 Å². The highest BCUT2D eigenvalue weighted by molar-refractivity contribution is 7.21.